The number of carbonyl (C=O) groups is 1. The van der Waals surface area contributed by atoms with Gasteiger partial charge in [0.15, 0.2) is 6.10 Å². The third-order valence-electron chi connectivity index (χ3n) is 5.56. The first-order valence-electron chi connectivity index (χ1n) is 10.0. The molecule has 0 saturated heterocycles. The van der Waals surface area contributed by atoms with Crippen LogP contribution in [0.4, 0.5) is 0 Å². The third kappa shape index (κ3) is 4.19. The molecule has 1 N–H and O–H groups in total. The van der Waals surface area contributed by atoms with Crippen molar-refractivity contribution >= 4 is 5.97 Å². The predicted molar refractivity (Wildman–Crippen MR) is 113 cm³/mol. The van der Waals surface area contributed by atoms with Crippen molar-refractivity contribution in [3.8, 4) is 16.9 Å². The van der Waals surface area contributed by atoms with Gasteiger partial charge in [-0.2, -0.15) is 0 Å². The maximum Gasteiger partial charge on any atom is 0.333 e. The lowest BCUT2D eigenvalue weighted by atomic mass is 9.94. The Labute approximate surface area is 175 Å². The van der Waals surface area contributed by atoms with Gasteiger partial charge in [-0.15, -0.1) is 0 Å². The van der Waals surface area contributed by atoms with Gasteiger partial charge in [-0.05, 0) is 64.9 Å². The van der Waals surface area contributed by atoms with E-state index in [2.05, 4.69) is 22.1 Å². The van der Waals surface area contributed by atoms with E-state index in [1.165, 1.54) is 29.4 Å². The number of fused-ring (bicyclic) bond motifs is 3. The fraction of sp³-hybridized carbons (Fsp3) is 0.292. The zero-order valence-electron chi connectivity index (χ0n) is 16.8. The lowest BCUT2D eigenvalue weighted by Crippen LogP contribution is -2.24. The van der Waals surface area contributed by atoms with Gasteiger partial charge >= 0.3 is 5.97 Å². The summed E-state index contributed by atoms with van der Waals surface area (Å²) < 4.78 is 10.9. The van der Waals surface area contributed by atoms with Crippen LogP contribution in [-0.2, 0) is 16.0 Å². The Morgan fingerprint density at radius 2 is 1.67 bits per heavy atom. The number of carboxylic acids is 1. The van der Waals surface area contributed by atoms with E-state index in [0.717, 1.165) is 24.2 Å². The molecule has 0 fully saturated rings. The molecule has 0 radical (unpaired) electrons. The van der Waals surface area contributed by atoms with Crippen molar-refractivity contribution in [2.75, 3.05) is 13.7 Å². The van der Waals surface area contributed by atoms with Crippen molar-refractivity contribution in [1.29, 1.82) is 0 Å². The van der Waals surface area contributed by atoms with E-state index in [4.69, 9.17) is 14.6 Å². The second-order valence-electron chi connectivity index (χ2n) is 7.38. The number of methoxy groups -OCH3 is 1. The topological polar surface area (TPSA) is 81.5 Å². The zero-order chi connectivity index (χ0) is 20.9. The molecule has 2 aromatic heterocycles. The zero-order valence-corrected chi connectivity index (χ0v) is 16.8. The Hall–Kier alpha value is -3.25. The smallest absolute Gasteiger partial charge is 0.333 e. The van der Waals surface area contributed by atoms with Crippen LogP contribution in [0.5, 0.6) is 5.75 Å². The Bertz CT molecular complexity index is 974. The van der Waals surface area contributed by atoms with Gasteiger partial charge in [0.2, 0.25) is 0 Å². The van der Waals surface area contributed by atoms with E-state index in [1.807, 2.05) is 49.1 Å². The highest BCUT2D eigenvalue weighted by atomic mass is 16.5. The third-order valence-corrected chi connectivity index (χ3v) is 5.56. The van der Waals surface area contributed by atoms with Gasteiger partial charge in [-0.1, -0.05) is 12.1 Å². The number of pyridine rings is 2. The summed E-state index contributed by atoms with van der Waals surface area (Å²) in [6, 6.07) is 11.7. The average molecular weight is 404 g/mol. The van der Waals surface area contributed by atoms with Crippen molar-refractivity contribution in [3.05, 3.63) is 77.9 Å². The van der Waals surface area contributed by atoms with E-state index in [-0.39, 0.29) is 0 Å². The normalized spacial score (nSPS) is 13.5. The molecule has 6 heteroatoms. The SMILES string of the molecule is COC(Cc1ccc(OCCCC2c3cnccc3-c3ccncc32)cc1)C(=O)O. The van der Waals surface area contributed by atoms with Gasteiger partial charge in [0, 0.05) is 44.2 Å². The fourth-order valence-corrected chi connectivity index (χ4v) is 4.02. The van der Waals surface area contributed by atoms with Crippen molar-refractivity contribution in [2.45, 2.75) is 31.3 Å². The lowest BCUT2D eigenvalue weighted by Gasteiger charge is -2.14. The van der Waals surface area contributed by atoms with Gasteiger partial charge in [0.25, 0.3) is 0 Å². The maximum atomic E-state index is 11.1. The van der Waals surface area contributed by atoms with E-state index < -0.39 is 12.1 Å². The second kappa shape index (κ2) is 9.05. The van der Waals surface area contributed by atoms with Crippen molar-refractivity contribution < 1.29 is 19.4 Å². The Kier molecular flexibility index (Phi) is 6.05. The number of nitrogens with zero attached hydrogens (tertiary/aromatic N) is 2. The number of ether oxygens (including phenoxy) is 2. The monoisotopic (exact) mass is 404 g/mol. The van der Waals surface area contributed by atoms with Crippen LogP contribution in [-0.4, -0.2) is 40.9 Å². The molecule has 1 aliphatic carbocycles. The molecule has 3 aromatic rings. The van der Waals surface area contributed by atoms with Gasteiger partial charge in [-0.3, -0.25) is 9.97 Å². The first kappa shape index (κ1) is 20.0. The summed E-state index contributed by atoms with van der Waals surface area (Å²) in [5.74, 6) is 0.113. The van der Waals surface area contributed by atoms with Crippen LogP contribution < -0.4 is 4.74 Å². The average Bonchev–Trinajstić information content (AvgIpc) is 3.09. The van der Waals surface area contributed by atoms with Crippen LogP contribution in [0, 0.1) is 0 Å². The summed E-state index contributed by atoms with van der Waals surface area (Å²) in [6.45, 7) is 0.608. The summed E-state index contributed by atoms with van der Waals surface area (Å²) in [7, 11) is 1.41. The molecule has 1 aliphatic rings. The molecule has 1 atom stereocenters. The highest BCUT2D eigenvalue weighted by molar-refractivity contribution is 5.77. The largest absolute Gasteiger partial charge is 0.494 e. The van der Waals surface area contributed by atoms with Gasteiger partial charge in [0.1, 0.15) is 5.75 Å². The maximum absolute atomic E-state index is 11.1. The molecular formula is C24H24N2O4. The van der Waals surface area contributed by atoms with Gasteiger partial charge in [-0.25, -0.2) is 4.79 Å². The molecule has 0 saturated carbocycles. The highest BCUT2D eigenvalue weighted by Gasteiger charge is 2.28. The summed E-state index contributed by atoms with van der Waals surface area (Å²) in [5.41, 5.74) is 5.92. The van der Waals surface area contributed by atoms with Crippen LogP contribution in [0.15, 0.2) is 61.2 Å². The Morgan fingerprint density at radius 1 is 1.03 bits per heavy atom. The molecular weight excluding hydrogens is 380 g/mol. The number of rotatable bonds is 9. The molecule has 0 spiro atoms. The number of hydrogen-bond donors (Lipinski definition) is 1. The quantitative estimate of drug-likeness (QED) is 0.541. The van der Waals surface area contributed by atoms with Gasteiger partial charge < -0.3 is 14.6 Å². The summed E-state index contributed by atoms with van der Waals surface area (Å²) in [4.78, 5) is 19.7. The molecule has 4 rings (SSSR count). The highest BCUT2D eigenvalue weighted by Crippen LogP contribution is 2.45. The van der Waals surface area contributed by atoms with Crippen LogP contribution in [0.3, 0.4) is 0 Å². The summed E-state index contributed by atoms with van der Waals surface area (Å²) in [5, 5.41) is 9.09. The summed E-state index contributed by atoms with van der Waals surface area (Å²) in [6.07, 6.45) is 8.96. The Balaban J connectivity index is 1.32. The standard InChI is InChI=1S/C24H24N2O4/c1-29-23(24(27)28)13-16-4-6-17(7-5-16)30-12-2-3-18-21-14-25-10-8-19(21)20-9-11-26-15-22(18)20/h4-11,14-15,18,23H,2-3,12-13H2,1H3,(H,27,28). The minimum absolute atomic E-state index is 0.297. The van der Waals surface area contributed by atoms with Gasteiger partial charge in [0.05, 0.1) is 6.61 Å². The van der Waals surface area contributed by atoms with E-state index >= 15 is 0 Å². The molecule has 1 aromatic carbocycles. The summed E-state index contributed by atoms with van der Waals surface area (Å²) >= 11 is 0. The molecule has 6 nitrogen and oxygen atoms in total. The first-order valence-corrected chi connectivity index (χ1v) is 10.0. The number of aromatic nitrogens is 2. The van der Waals surface area contributed by atoms with E-state index in [1.54, 1.807) is 0 Å². The van der Waals surface area contributed by atoms with Crippen LogP contribution in [0.2, 0.25) is 0 Å². The molecule has 30 heavy (non-hydrogen) atoms. The molecule has 2 heterocycles. The van der Waals surface area contributed by atoms with Crippen LogP contribution in [0.25, 0.3) is 11.1 Å². The second-order valence-corrected chi connectivity index (χ2v) is 7.38. The van der Waals surface area contributed by atoms with E-state index in [9.17, 15) is 4.79 Å². The fourth-order valence-electron chi connectivity index (χ4n) is 4.02. The molecule has 0 aliphatic heterocycles. The number of hydrogen-bond acceptors (Lipinski definition) is 5. The Morgan fingerprint density at radius 3 is 2.23 bits per heavy atom. The van der Waals surface area contributed by atoms with Crippen LogP contribution >= 0.6 is 0 Å². The van der Waals surface area contributed by atoms with Crippen molar-refractivity contribution in [1.82, 2.24) is 9.97 Å². The van der Waals surface area contributed by atoms with Crippen molar-refractivity contribution in [2.24, 2.45) is 0 Å². The predicted octanol–water partition coefficient (Wildman–Crippen LogP) is 4.09. The molecule has 0 amide bonds. The van der Waals surface area contributed by atoms with E-state index in [0.29, 0.717) is 18.9 Å². The molecule has 0 bridgehead atoms. The minimum atomic E-state index is -0.960. The van der Waals surface area contributed by atoms with Crippen LogP contribution in [0.1, 0.15) is 35.4 Å². The number of carboxylic acid groups (broad SMARTS) is 1. The first-order chi connectivity index (χ1) is 14.7. The number of benzene rings is 1. The molecule has 154 valence electrons. The molecule has 1 unspecified atom stereocenters. The lowest BCUT2D eigenvalue weighted by molar-refractivity contribution is -0.148. The number of aliphatic carboxylic acids is 1. The minimum Gasteiger partial charge on any atom is -0.494 e. The van der Waals surface area contributed by atoms with Crippen molar-refractivity contribution in [3.63, 3.8) is 0 Å².